The van der Waals surface area contributed by atoms with E-state index in [-0.39, 0.29) is 24.1 Å². The molecule has 34 heavy (non-hydrogen) atoms. The van der Waals surface area contributed by atoms with Crippen LogP contribution in [0.3, 0.4) is 0 Å². The van der Waals surface area contributed by atoms with Crippen LogP contribution in [0.1, 0.15) is 60.4 Å². The van der Waals surface area contributed by atoms with Gasteiger partial charge in [0.2, 0.25) is 5.69 Å². The smallest absolute Gasteiger partial charge is 0.254 e. The van der Waals surface area contributed by atoms with Gasteiger partial charge >= 0.3 is 0 Å². The monoisotopic (exact) mass is 526 g/mol. The number of fused-ring (bicyclic) bond motifs is 1. The lowest BCUT2D eigenvalue weighted by Crippen LogP contribution is -2.40. The number of aliphatic hydroxyl groups is 1. The molecule has 1 fully saturated rings. The van der Waals surface area contributed by atoms with Gasteiger partial charge in [0.05, 0.1) is 31.0 Å². The van der Waals surface area contributed by atoms with Gasteiger partial charge in [-0.15, -0.1) is 0 Å². The number of hydrogen-bond donors (Lipinski definition) is 1. The molecule has 2 aliphatic rings. The summed E-state index contributed by atoms with van der Waals surface area (Å²) >= 11 is 3.70. The number of carbonyl (C=O) groups excluding carboxylic acids is 1. The van der Waals surface area contributed by atoms with Crippen LogP contribution in [0.4, 0.5) is 5.69 Å². The number of halogens is 1. The van der Waals surface area contributed by atoms with Gasteiger partial charge < -0.3 is 14.7 Å². The lowest BCUT2D eigenvalue weighted by molar-refractivity contribution is 0.0668. The van der Waals surface area contributed by atoms with Gasteiger partial charge in [0, 0.05) is 41.9 Å². The van der Waals surface area contributed by atoms with Crippen molar-refractivity contribution in [3.8, 4) is 5.75 Å². The van der Waals surface area contributed by atoms with Gasteiger partial charge in [0.15, 0.2) is 0 Å². The second-order valence-electron chi connectivity index (χ2n) is 9.03. The molecule has 0 bridgehead atoms. The molecule has 1 saturated heterocycles. The number of hydrogen-bond acceptors (Lipinski definition) is 5. The Morgan fingerprint density at radius 2 is 2.15 bits per heavy atom. The van der Waals surface area contributed by atoms with E-state index >= 15 is 0 Å². The maximum atomic E-state index is 13.6. The molecule has 2 aliphatic heterocycles. The van der Waals surface area contributed by atoms with E-state index in [9.17, 15) is 9.90 Å². The first-order valence-electron chi connectivity index (χ1n) is 11.9. The van der Waals surface area contributed by atoms with E-state index in [0.717, 1.165) is 53.5 Å². The van der Waals surface area contributed by atoms with Crippen LogP contribution >= 0.6 is 15.9 Å². The quantitative estimate of drug-likeness (QED) is 0.536. The summed E-state index contributed by atoms with van der Waals surface area (Å²) < 4.78 is 6.60. The summed E-state index contributed by atoms with van der Waals surface area (Å²) in [6, 6.07) is 5.86. The second-order valence-corrected chi connectivity index (χ2v) is 9.89. The van der Waals surface area contributed by atoms with Gasteiger partial charge in [-0.1, -0.05) is 15.9 Å². The maximum Gasteiger partial charge on any atom is 0.254 e. The van der Waals surface area contributed by atoms with Crippen LogP contribution < -0.4 is 4.74 Å². The number of carbonyl (C=O) groups is 1. The number of aromatic nitrogens is 1. The first-order chi connectivity index (χ1) is 16.3. The average Bonchev–Trinajstić information content (AvgIpc) is 3.15. The highest BCUT2D eigenvalue weighted by Gasteiger charge is 2.32. The maximum absolute atomic E-state index is 13.6. The standard InChI is InChI=1S/C26H31BrN4O3/c1-5-34-25-14-22(29-15-23(25)28-4)16(2)31-11-7-19-20(26(31)33)12-18(13-21(19)27)6-9-30-10-8-24(32)17(30)3/h12-17,24,32H,5-11H2,1-3H3/t16?,17-,24-/m1/s1. The molecule has 8 heteroatoms. The van der Waals surface area contributed by atoms with Crippen LogP contribution in [0.5, 0.6) is 5.75 Å². The van der Waals surface area contributed by atoms with Crippen molar-refractivity contribution in [2.45, 2.75) is 58.2 Å². The van der Waals surface area contributed by atoms with Gasteiger partial charge in [0.25, 0.3) is 5.91 Å². The second kappa shape index (κ2) is 10.4. The highest BCUT2D eigenvalue weighted by atomic mass is 79.9. The fraction of sp³-hybridized carbons (Fsp3) is 0.500. The summed E-state index contributed by atoms with van der Waals surface area (Å²) in [4.78, 5) is 25.7. The predicted molar refractivity (Wildman–Crippen MR) is 134 cm³/mol. The molecule has 1 aromatic carbocycles. The van der Waals surface area contributed by atoms with Crippen LogP contribution in [0.2, 0.25) is 0 Å². The van der Waals surface area contributed by atoms with Crippen LogP contribution in [-0.2, 0) is 12.8 Å². The number of likely N-dealkylation sites (tertiary alicyclic amines) is 1. The molecule has 0 saturated carbocycles. The van der Waals surface area contributed by atoms with Crippen molar-refractivity contribution in [1.82, 2.24) is 14.8 Å². The van der Waals surface area contributed by atoms with Gasteiger partial charge in [-0.2, -0.15) is 0 Å². The normalized spacial score (nSPS) is 21.3. The Hall–Kier alpha value is -2.47. The average molecular weight is 527 g/mol. The summed E-state index contributed by atoms with van der Waals surface area (Å²) in [5, 5.41) is 10.0. The molecule has 0 spiro atoms. The van der Waals surface area contributed by atoms with Crippen LogP contribution in [-0.4, -0.2) is 64.2 Å². The van der Waals surface area contributed by atoms with Crippen molar-refractivity contribution < 1.29 is 14.6 Å². The summed E-state index contributed by atoms with van der Waals surface area (Å²) in [6.45, 7) is 16.1. The molecule has 1 unspecified atom stereocenters. The number of rotatable bonds is 7. The van der Waals surface area contributed by atoms with Crippen molar-refractivity contribution in [2.24, 2.45) is 0 Å². The largest absolute Gasteiger partial charge is 0.505 e. The third-order valence-electron chi connectivity index (χ3n) is 7.06. The summed E-state index contributed by atoms with van der Waals surface area (Å²) in [6.07, 6.45) is 3.67. The summed E-state index contributed by atoms with van der Waals surface area (Å²) in [5.41, 5.74) is 3.99. The van der Waals surface area contributed by atoms with Crippen LogP contribution in [0.25, 0.3) is 4.85 Å². The Morgan fingerprint density at radius 3 is 2.82 bits per heavy atom. The van der Waals surface area contributed by atoms with Gasteiger partial charge in [-0.3, -0.25) is 14.7 Å². The Kier molecular flexibility index (Phi) is 7.56. The molecular weight excluding hydrogens is 496 g/mol. The van der Waals surface area contributed by atoms with Crippen molar-refractivity contribution in [1.29, 1.82) is 0 Å². The molecule has 1 N–H and O–H groups in total. The van der Waals surface area contributed by atoms with E-state index in [4.69, 9.17) is 11.3 Å². The lowest BCUT2D eigenvalue weighted by Gasteiger charge is -2.34. The molecule has 1 aromatic heterocycles. The Bertz CT molecular complexity index is 1120. The minimum atomic E-state index is -0.257. The van der Waals surface area contributed by atoms with Crippen molar-refractivity contribution in [2.75, 3.05) is 26.2 Å². The Morgan fingerprint density at radius 1 is 1.35 bits per heavy atom. The zero-order valence-electron chi connectivity index (χ0n) is 19.9. The zero-order chi connectivity index (χ0) is 24.4. The molecule has 0 aliphatic carbocycles. The first-order valence-corrected chi connectivity index (χ1v) is 12.7. The molecule has 3 heterocycles. The summed E-state index contributed by atoms with van der Waals surface area (Å²) in [5.74, 6) is 0.501. The SMILES string of the molecule is [C-]#[N+]c1cnc(C(C)N2CCc3c(Br)cc(CCN4CC[C@@H](O)[C@H]4C)cc3C2=O)cc1OCC. The number of aliphatic hydroxyl groups excluding tert-OH is 1. The van der Waals surface area contributed by atoms with E-state index < -0.39 is 0 Å². The van der Waals surface area contributed by atoms with Gasteiger partial charge in [0.1, 0.15) is 5.75 Å². The number of amides is 1. The Labute approximate surface area is 209 Å². The lowest BCUT2D eigenvalue weighted by atomic mass is 9.94. The molecule has 7 nitrogen and oxygen atoms in total. The molecule has 3 atom stereocenters. The minimum Gasteiger partial charge on any atom is -0.505 e. The molecule has 1 amide bonds. The van der Waals surface area contributed by atoms with Crippen molar-refractivity contribution >= 4 is 27.5 Å². The van der Waals surface area contributed by atoms with Crippen molar-refractivity contribution in [3.63, 3.8) is 0 Å². The molecule has 180 valence electrons. The van der Waals surface area contributed by atoms with E-state index in [1.54, 1.807) is 6.07 Å². The van der Waals surface area contributed by atoms with E-state index in [0.29, 0.717) is 30.3 Å². The van der Waals surface area contributed by atoms with E-state index in [1.807, 2.05) is 24.8 Å². The van der Waals surface area contributed by atoms with Gasteiger partial charge in [-0.25, -0.2) is 4.85 Å². The fourth-order valence-electron chi connectivity index (χ4n) is 4.90. The van der Waals surface area contributed by atoms with E-state index in [1.165, 1.54) is 6.20 Å². The highest BCUT2D eigenvalue weighted by molar-refractivity contribution is 9.10. The minimum absolute atomic E-state index is 0.00437. The number of pyridine rings is 1. The zero-order valence-corrected chi connectivity index (χ0v) is 21.5. The predicted octanol–water partition coefficient (Wildman–Crippen LogP) is 4.55. The first kappa shape index (κ1) is 24.6. The van der Waals surface area contributed by atoms with Crippen LogP contribution in [0, 0.1) is 6.57 Å². The molecule has 0 radical (unpaired) electrons. The van der Waals surface area contributed by atoms with Gasteiger partial charge in [-0.05, 0) is 69.4 Å². The fourth-order valence-corrected chi connectivity index (χ4v) is 5.61. The topological polar surface area (TPSA) is 70.3 Å². The number of nitrogens with zero attached hydrogens (tertiary/aromatic N) is 4. The molecule has 2 aromatic rings. The summed E-state index contributed by atoms with van der Waals surface area (Å²) in [7, 11) is 0. The molecular formula is C26H31BrN4O3. The van der Waals surface area contributed by atoms with Crippen LogP contribution in [0.15, 0.2) is 28.9 Å². The number of ether oxygens (including phenoxy) is 1. The van der Waals surface area contributed by atoms with E-state index in [2.05, 4.69) is 43.6 Å². The third kappa shape index (κ3) is 4.83. The number of benzene rings is 1. The van der Waals surface area contributed by atoms with Crippen molar-refractivity contribution in [3.05, 3.63) is 62.7 Å². The molecule has 4 rings (SSSR count). The highest BCUT2D eigenvalue weighted by Crippen LogP contribution is 2.35. The Balaban J connectivity index is 1.54. The third-order valence-corrected chi connectivity index (χ3v) is 7.77.